The van der Waals surface area contributed by atoms with Crippen LogP contribution in [0.4, 0.5) is 4.39 Å². The topological polar surface area (TPSA) is 43.9 Å². The molecule has 2 aromatic heterocycles. The molecule has 3 aromatic rings. The van der Waals surface area contributed by atoms with Crippen LogP contribution in [0.25, 0.3) is 11.0 Å². The SMILES string of the molecule is Cc1cc(Cn2c(CCl)nc3cc(F)c(Br)cc32)on1. The van der Waals surface area contributed by atoms with Gasteiger partial charge in [-0.3, -0.25) is 0 Å². The van der Waals surface area contributed by atoms with Gasteiger partial charge in [0.25, 0.3) is 0 Å². The predicted octanol–water partition coefficient (Wildman–Crippen LogP) is 4.02. The highest BCUT2D eigenvalue weighted by molar-refractivity contribution is 9.10. The summed E-state index contributed by atoms with van der Waals surface area (Å²) in [4.78, 5) is 4.34. The molecule has 2 heterocycles. The van der Waals surface area contributed by atoms with E-state index in [1.807, 2.05) is 17.6 Å². The first kappa shape index (κ1) is 13.6. The van der Waals surface area contributed by atoms with Gasteiger partial charge in [0.1, 0.15) is 11.6 Å². The van der Waals surface area contributed by atoms with Crippen LogP contribution in [0.3, 0.4) is 0 Å². The summed E-state index contributed by atoms with van der Waals surface area (Å²) in [6.07, 6.45) is 0. The number of rotatable bonds is 3. The van der Waals surface area contributed by atoms with Crippen LogP contribution < -0.4 is 0 Å². The summed E-state index contributed by atoms with van der Waals surface area (Å²) in [7, 11) is 0. The van der Waals surface area contributed by atoms with Gasteiger partial charge in [-0.2, -0.15) is 0 Å². The van der Waals surface area contributed by atoms with Crippen molar-refractivity contribution in [3.63, 3.8) is 0 Å². The van der Waals surface area contributed by atoms with Crippen molar-refractivity contribution in [2.75, 3.05) is 0 Å². The average molecular weight is 359 g/mol. The van der Waals surface area contributed by atoms with Crippen LogP contribution in [0.1, 0.15) is 17.3 Å². The van der Waals surface area contributed by atoms with Crippen LogP contribution in [0, 0.1) is 12.7 Å². The summed E-state index contributed by atoms with van der Waals surface area (Å²) in [5.74, 6) is 1.25. The molecule has 0 aliphatic heterocycles. The Balaban J connectivity index is 2.14. The van der Waals surface area contributed by atoms with Crippen molar-refractivity contribution < 1.29 is 8.91 Å². The molecule has 4 nitrogen and oxygen atoms in total. The van der Waals surface area contributed by atoms with Crippen LogP contribution in [0.5, 0.6) is 0 Å². The van der Waals surface area contributed by atoms with Crippen LogP contribution in [0.15, 0.2) is 27.2 Å². The van der Waals surface area contributed by atoms with Crippen LogP contribution in [-0.2, 0) is 12.4 Å². The van der Waals surface area contributed by atoms with Gasteiger partial charge in [0.15, 0.2) is 5.76 Å². The predicted molar refractivity (Wildman–Crippen MR) is 77.3 cm³/mol. The molecular weight excluding hydrogens is 349 g/mol. The lowest BCUT2D eigenvalue weighted by atomic mass is 10.3. The van der Waals surface area contributed by atoms with Gasteiger partial charge in [-0.25, -0.2) is 9.37 Å². The number of benzene rings is 1. The molecule has 0 amide bonds. The van der Waals surface area contributed by atoms with Gasteiger partial charge in [0, 0.05) is 12.1 Å². The molecule has 0 radical (unpaired) electrons. The minimum atomic E-state index is -0.348. The molecule has 7 heteroatoms. The first-order chi connectivity index (χ1) is 9.58. The lowest BCUT2D eigenvalue weighted by Gasteiger charge is -2.05. The molecule has 0 aliphatic carbocycles. The molecule has 0 spiro atoms. The number of hydrogen-bond acceptors (Lipinski definition) is 3. The normalized spacial score (nSPS) is 11.4. The van der Waals surface area contributed by atoms with E-state index in [-0.39, 0.29) is 11.7 Å². The number of fused-ring (bicyclic) bond motifs is 1. The second kappa shape index (κ2) is 5.18. The number of aryl methyl sites for hydroxylation is 1. The third-order valence-corrected chi connectivity index (χ3v) is 3.83. The van der Waals surface area contributed by atoms with Crippen molar-refractivity contribution in [1.82, 2.24) is 14.7 Å². The maximum Gasteiger partial charge on any atom is 0.156 e. The molecule has 1 aromatic carbocycles. The molecule has 0 bridgehead atoms. The van der Waals surface area contributed by atoms with Crippen molar-refractivity contribution in [1.29, 1.82) is 0 Å². The Kier molecular flexibility index (Phi) is 3.52. The number of halogens is 3. The highest BCUT2D eigenvalue weighted by Gasteiger charge is 2.14. The summed E-state index contributed by atoms with van der Waals surface area (Å²) < 4.78 is 21.1. The van der Waals surface area contributed by atoms with Crippen molar-refractivity contribution >= 4 is 38.6 Å². The monoisotopic (exact) mass is 357 g/mol. The van der Waals surface area contributed by atoms with E-state index in [0.717, 1.165) is 11.2 Å². The van der Waals surface area contributed by atoms with E-state index in [4.69, 9.17) is 16.1 Å². The number of nitrogens with zero attached hydrogens (tertiary/aromatic N) is 3. The molecular formula is C13H10BrClFN3O. The zero-order valence-corrected chi connectivity index (χ0v) is 12.9. The summed E-state index contributed by atoms with van der Waals surface area (Å²) >= 11 is 9.11. The molecule has 104 valence electrons. The van der Waals surface area contributed by atoms with Crippen LogP contribution in [0.2, 0.25) is 0 Å². The van der Waals surface area contributed by atoms with E-state index in [9.17, 15) is 4.39 Å². The largest absolute Gasteiger partial charge is 0.359 e. The number of alkyl halides is 1. The Bertz CT molecular complexity index is 783. The Morgan fingerprint density at radius 3 is 2.85 bits per heavy atom. The molecule has 0 N–H and O–H groups in total. The van der Waals surface area contributed by atoms with E-state index in [2.05, 4.69) is 26.1 Å². The molecule has 0 aliphatic rings. The van der Waals surface area contributed by atoms with Gasteiger partial charge < -0.3 is 9.09 Å². The van der Waals surface area contributed by atoms with Crippen molar-refractivity contribution in [2.24, 2.45) is 0 Å². The lowest BCUT2D eigenvalue weighted by molar-refractivity contribution is 0.373. The maximum absolute atomic E-state index is 13.6. The van der Waals surface area contributed by atoms with Crippen molar-refractivity contribution in [3.8, 4) is 0 Å². The zero-order valence-electron chi connectivity index (χ0n) is 10.5. The second-order valence-electron chi connectivity index (χ2n) is 4.44. The lowest BCUT2D eigenvalue weighted by Crippen LogP contribution is -2.03. The van der Waals surface area contributed by atoms with Crippen LogP contribution in [-0.4, -0.2) is 14.7 Å². The fourth-order valence-corrected chi connectivity index (χ4v) is 2.63. The van der Waals surface area contributed by atoms with Gasteiger partial charge in [-0.1, -0.05) is 5.16 Å². The summed E-state index contributed by atoms with van der Waals surface area (Å²) in [5.41, 5.74) is 2.17. The first-order valence-corrected chi connectivity index (χ1v) is 7.23. The molecule has 3 rings (SSSR count). The Morgan fingerprint density at radius 2 is 2.20 bits per heavy atom. The minimum Gasteiger partial charge on any atom is -0.359 e. The quantitative estimate of drug-likeness (QED) is 0.664. The van der Waals surface area contributed by atoms with Gasteiger partial charge in [-0.15, -0.1) is 11.6 Å². The molecule has 0 fully saturated rings. The molecule has 0 saturated carbocycles. The van der Waals surface area contributed by atoms with Gasteiger partial charge in [-0.05, 0) is 28.9 Å². The van der Waals surface area contributed by atoms with E-state index >= 15 is 0 Å². The van der Waals surface area contributed by atoms with Gasteiger partial charge >= 0.3 is 0 Å². The van der Waals surface area contributed by atoms with Crippen molar-refractivity contribution in [2.45, 2.75) is 19.3 Å². The molecule has 20 heavy (non-hydrogen) atoms. The molecule has 0 atom stereocenters. The number of aromatic nitrogens is 3. The van der Waals surface area contributed by atoms with E-state index in [1.165, 1.54) is 6.07 Å². The number of imidazole rings is 1. The van der Waals surface area contributed by atoms with Crippen LogP contribution >= 0.6 is 27.5 Å². The highest BCUT2D eigenvalue weighted by Crippen LogP contribution is 2.25. The Hall–Kier alpha value is -1.40. The Morgan fingerprint density at radius 1 is 1.40 bits per heavy atom. The van der Waals surface area contributed by atoms with Crippen molar-refractivity contribution in [3.05, 3.63) is 45.8 Å². The smallest absolute Gasteiger partial charge is 0.156 e. The maximum atomic E-state index is 13.6. The molecule has 0 saturated heterocycles. The third-order valence-electron chi connectivity index (χ3n) is 2.98. The summed E-state index contributed by atoms with van der Waals surface area (Å²) in [6, 6.07) is 4.93. The van der Waals surface area contributed by atoms with Gasteiger partial charge in [0.2, 0.25) is 0 Å². The third kappa shape index (κ3) is 2.33. The fourth-order valence-electron chi connectivity index (χ4n) is 2.10. The van der Waals surface area contributed by atoms with E-state index < -0.39 is 0 Å². The molecule has 0 unspecified atom stereocenters. The van der Waals surface area contributed by atoms with Gasteiger partial charge in [0.05, 0.1) is 33.6 Å². The summed E-state index contributed by atoms with van der Waals surface area (Å²) in [5, 5.41) is 3.85. The zero-order chi connectivity index (χ0) is 14.3. The average Bonchev–Trinajstić information content (AvgIpc) is 2.96. The van der Waals surface area contributed by atoms with E-state index in [1.54, 1.807) is 6.07 Å². The minimum absolute atomic E-state index is 0.237. The first-order valence-electron chi connectivity index (χ1n) is 5.91. The summed E-state index contributed by atoms with van der Waals surface area (Å²) in [6.45, 7) is 2.31. The van der Waals surface area contributed by atoms with E-state index in [0.29, 0.717) is 28.1 Å². The highest BCUT2D eigenvalue weighted by atomic mass is 79.9. The fraction of sp³-hybridized carbons (Fsp3) is 0.231. The Labute approximate surface area is 127 Å². The number of hydrogen-bond donors (Lipinski definition) is 0. The second-order valence-corrected chi connectivity index (χ2v) is 5.56. The standard InChI is InChI=1S/C13H10BrClFN3O/c1-7-2-8(20-18-7)6-19-12-3-9(14)10(16)4-11(12)17-13(19)5-15/h2-4H,5-6H2,1H3.